The molecule has 0 bridgehead atoms. The van der Waals surface area contributed by atoms with Crippen LogP contribution in [0.3, 0.4) is 0 Å². The summed E-state index contributed by atoms with van der Waals surface area (Å²) in [6.07, 6.45) is 0. The number of furan rings is 2. The van der Waals surface area contributed by atoms with Gasteiger partial charge in [0.1, 0.15) is 23.0 Å². The Labute approximate surface area is 674 Å². The predicted molar refractivity (Wildman–Crippen MR) is 479 cm³/mol. The topological polar surface area (TPSA) is 39.2 Å². The minimum atomic E-state index is -0.288. The van der Waals surface area contributed by atoms with E-state index in [1.165, 1.54) is 111 Å². The van der Waals surface area contributed by atoms with E-state index in [2.05, 4.69) is 441 Å². The molecule has 0 aliphatic heterocycles. The number of benzene rings is 15. The summed E-state index contributed by atoms with van der Waals surface area (Å²) in [5.74, 6) is 4.04. The molecule has 556 valence electrons. The van der Waals surface area contributed by atoms with Gasteiger partial charge in [0.05, 0.1) is 0 Å². The van der Waals surface area contributed by atoms with Gasteiger partial charge < -0.3 is 28.4 Å². The molecule has 0 fully saturated rings. The van der Waals surface area contributed by atoms with Gasteiger partial charge in [0.15, 0.2) is 0 Å². The molecular formula is C109H88N4O2. The first-order valence-corrected chi connectivity index (χ1v) is 40.5. The molecule has 2 heterocycles. The maximum absolute atomic E-state index is 7.11. The number of hydrogen-bond donors (Lipinski definition) is 0. The Bertz CT molecular complexity index is 6670. The molecule has 15 aromatic carbocycles. The van der Waals surface area contributed by atoms with Gasteiger partial charge in [0.2, 0.25) is 0 Å². The molecule has 0 atom stereocenters. The molecule has 0 N–H and O–H groups in total. The van der Waals surface area contributed by atoms with E-state index in [1.807, 2.05) is 0 Å². The molecule has 5 aliphatic rings. The van der Waals surface area contributed by atoms with E-state index in [9.17, 15) is 0 Å². The van der Waals surface area contributed by atoms with E-state index in [4.69, 9.17) is 8.83 Å². The van der Waals surface area contributed by atoms with Crippen LogP contribution in [-0.4, -0.2) is 0 Å². The van der Waals surface area contributed by atoms with Gasteiger partial charge >= 0.3 is 0 Å². The first-order chi connectivity index (χ1) is 55.8. The molecule has 6 heteroatoms. The number of para-hydroxylation sites is 6. The van der Waals surface area contributed by atoms with Crippen molar-refractivity contribution in [2.45, 2.75) is 96.3 Å². The Balaban J connectivity index is 0.000000144. The number of rotatable bonds is 12. The predicted octanol–water partition coefficient (Wildman–Crippen LogP) is 30.3. The molecule has 0 saturated carbocycles. The van der Waals surface area contributed by atoms with Crippen LogP contribution in [0.5, 0.6) is 0 Å². The maximum atomic E-state index is 7.11. The molecular weight excluding hydrogens is 1400 g/mol. The van der Waals surface area contributed by atoms with Crippen molar-refractivity contribution in [2.75, 3.05) is 19.6 Å². The summed E-state index contributed by atoms with van der Waals surface area (Å²) >= 11 is 0. The van der Waals surface area contributed by atoms with Gasteiger partial charge in [-0.15, -0.1) is 0 Å². The lowest BCUT2D eigenvalue weighted by molar-refractivity contribution is 0.592. The molecule has 5 aliphatic carbocycles. The van der Waals surface area contributed by atoms with Crippen LogP contribution in [0.25, 0.3) is 78.0 Å². The van der Waals surface area contributed by atoms with Crippen molar-refractivity contribution < 1.29 is 8.83 Å². The normalized spacial score (nSPS) is 14.9. The number of fused-ring (bicyclic) bond motifs is 20. The van der Waals surface area contributed by atoms with Crippen LogP contribution in [-0.2, 0) is 27.1 Å². The van der Waals surface area contributed by atoms with Crippen molar-refractivity contribution in [1.82, 2.24) is 0 Å². The van der Waals surface area contributed by atoms with Crippen LogP contribution in [0.2, 0.25) is 0 Å². The van der Waals surface area contributed by atoms with Gasteiger partial charge in [-0.2, -0.15) is 0 Å². The van der Waals surface area contributed by atoms with Crippen LogP contribution < -0.4 is 19.6 Å². The molecule has 0 amide bonds. The summed E-state index contributed by atoms with van der Waals surface area (Å²) in [7, 11) is 0. The second-order valence-electron chi connectivity index (χ2n) is 34.4. The molecule has 115 heavy (non-hydrogen) atoms. The lowest BCUT2D eigenvalue weighted by atomic mass is 9.74. The third-order valence-electron chi connectivity index (χ3n) is 25.9. The largest absolute Gasteiger partial charge is 0.455 e. The first-order valence-electron chi connectivity index (χ1n) is 40.5. The summed E-state index contributed by atoms with van der Waals surface area (Å²) < 4.78 is 14.2. The second kappa shape index (κ2) is 25.8. The average Bonchev–Trinajstić information content (AvgIpc) is 1.51. The lowest BCUT2D eigenvalue weighted by Crippen LogP contribution is -2.23. The fraction of sp³-hybridized carbons (Fsp3) is 0.138. The highest BCUT2D eigenvalue weighted by molar-refractivity contribution is 6.09. The van der Waals surface area contributed by atoms with Crippen molar-refractivity contribution in [3.05, 3.63) is 407 Å². The fourth-order valence-corrected chi connectivity index (χ4v) is 20.3. The molecule has 6 nitrogen and oxygen atoms in total. The highest BCUT2D eigenvalue weighted by Crippen LogP contribution is 2.65. The zero-order chi connectivity index (χ0) is 78.0. The number of nitrogens with zero attached hydrogens (tertiary/aromatic N) is 4. The van der Waals surface area contributed by atoms with Crippen molar-refractivity contribution >= 4 is 89.8 Å². The summed E-state index contributed by atoms with van der Waals surface area (Å²) in [5.41, 5.74) is 33.0. The highest BCUT2D eigenvalue weighted by atomic mass is 16.3. The third kappa shape index (κ3) is 10.6. The summed E-state index contributed by atoms with van der Waals surface area (Å²) in [6, 6.07) is 128. The molecule has 22 rings (SSSR count). The molecule has 0 spiro atoms. The van der Waals surface area contributed by atoms with Crippen LogP contribution in [0, 0.1) is 0 Å². The summed E-state index contributed by atoms with van der Waals surface area (Å²) in [4.78, 5) is 9.51. The first kappa shape index (κ1) is 69.5. The minimum Gasteiger partial charge on any atom is -0.455 e. The van der Waals surface area contributed by atoms with E-state index in [1.54, 1.807) is 0 Å². The summed E-state index contributed by atoms with van der Waals surface area (Å²) in [6.45, 7) is 23.7. The van der Waals surface area contributed by atoms with E-state index >= 15 is 0 Å². The number of hydrogen-bond acceptors (Lipinski definition) is 6. The Kier molecular flexibility index (Phi) is 15.6. The zero-order valence-corrected chi connectivity index (χ0v) is 66.6. The Morgan fingerprint density at radius 1 is 0.174 bits per heavy atom. The van der Waals surface area contributed by atoms with E-state index < -0.39 is 0 Å². The maximum Gasteiger partial charge on any atom is 0.139 e. The van der Waals surface area contributed by atoms with Crippen molar-refractivity contribution in [2.24, 2.45) is 0 Å². The van der Waals surface area contributed by atoms with Crippen molar-refractivity contribution in [3.63, 3.8) is 0 Å². The van der Waals surface area contributed by atoms with Crippen LogP contribution in [0.4, 0.5) is 68.2 Å². The number of anilines is 12. The molecule has 0 unspecified atom stereocenters. The zero-order valence-electron chi connectivity index (χ0n) is 66.6. The van der Waals surface area contributed by atoms with Gasteiger partial charge in [-0.25, -0.2) is 0 Å². The average molecular weight is 1490 g/mol. The van der Waals surface area contributed by atoms with Crippen molar-refractivity contribution in [3.8, 4) is 56.4 Å². The van der Waals surface area contributed by atoms with Gasteiger partial charge in [0, 0.05) is 140 Å². The van der Waals surface area contributed by atoms with Gasteiger partial charge in [-0.3, -0.25) is 0 Å². The van der Waals surface area contributed by atoms with Crippen LogP contribution >= 0.6 is 0 Å². The van der Waals surface area contributed by atoms with Gasteiger partial charge in [0.25, 0.3) is 0 Å². The SMILES string of the molecule is CC1(C)c2cc(N(c3ccccc3)c3ccccc3)ccc2-c2oc3c(c21)C(C)(C)c1cc(N(c2ccccc2)c2ccc4c(ccc5ccccc54)c2)ccc1-3.CC1(C)c2ccccc2-c2ccc(N(c3ccccc3)c3ccc4c(c3)C(C)(C)c3c-4oc4c3C(C)(C)c3cc(N(c5ccccc5)c5ccccc5)ccc3-4)cc21. The monoisotopic (exact) mass is 1480 g/mol. The van der Waals surface area contributed by atoms with Gasteiger partial charge in [-0.1, -0.05) is 251 Å². The van der Waals surface area contributed by atoms with Gasteiger partial charge in [-0.05, 0) is 236 Å². The quantitative estimate of drug-likeness (QED) is 0.114. The highest BCUT2D eigenvalue weighted by Gasteiger charge is 2.52. The molecule has 17 aromatic rings. The molecule has 0 saturated heterocycles. The Hall–Kier alpha value is -13.4. The Morgan fingerprint density at radius 3 is 0.765 bits per heavy atom. The molecule has 2 aromatic heterocycles. The fourth-order valence-electron chi connectivity index (χ4n) is 20.3. The smallest absolute Gasteiger partial charge is 0.139 e. The second-order valence-corrected chi connectivity index (χ2v) is 34.4. The minimum absolute atomic E-state index is 0.0917. The van der Waals surface area contributed by atoms with Crippen LogP contribution in [0.15, 0.2) is 361 Å². The summed E-state index contributed by atoms with van der Waals surface area (Å²) in [5, 5.41) is 5.03. The van der Waals surface area contributed by atoms with E-state index in [0.717, 1.165) is 91.3 Å². The van der Waals surface area contributed by atoms with E-state index in [-0.39, 0.29) is 27.1 Å². The standard InChI is InChI=1S/C55H46N2O.C54H42N2O/c1-53(2)45-25-17-16-24-41(45)42-29-26-39(32-46(42)53)57(37-22-14-9-15-23-37)40-28-31-44-48(34-40)55(5,6)50-49-51(58-52(44)50)43-30-27-38(33-47(43)54(49,3)4)56(35-18-10-7-11-19-35)36-20-12-8-13-21-36;1-53(2)47-33-41(55(37-17-8-5-9-18-37)38-19-10-6-11-20-38)27-30-45(47)51-49(53)50-52(57-51)46-31-28-42(34-48(46)54(50,3)4)56(39-21-12-7-13-22-39)40-26-29-44-36(32-40)25-24-35-16-14-15-23-43(35)44/h7-34H,1-6H3;5-34H,1-4H3. The Morgan fingerprint density at radius 2 is 0.417 bits per heavy atom. The van der Waals surface area contributed by atoms with Crippen LogP contribution in [0.1, 0.15) is 125 Å². The third-order valence-corrected chi connectivity index (χ3v) is 25.9. The van der Waals surface area contributed by atoms with E-state index in [0.29, 0.717) is 0 Å². The lowest BCUT2D eigenvalue weighted by Gasteiger charge is -2.31. The molecule has 0 radical (unpaired) electrons. The van der Waals surface area contributed by atoms with Crippen molar-refractivity contribution in [1.29, 1.82) is 0 Å².